The first kappa shape index (κ1) is 34.2. The van der Waals surface area contributed by atoms with Crippen molar-refractivity contribution in [2.24, 2.45) is 5.92 Å². The van der Waals surface area contributed by atoms with Gasteiger partial charge in [0.2, 0.25) is 0 Å². The van der Waals surface area contributed by atoms with Crippen LogP contribution in [0.1, 0.15) is 41.6 Å². The summed E-state index contributed by atoms with van der Waals surface area (Å²) in [5.74, 6) is 0.352. The minimum atomic E-state index is -2.33. The fourth-order valence-corrected chi connectivity index (χ4v) is 12.6. The van der Waals surface area contributed by atoms with E-state index in [9.17, 15) is 9.90 Å². The summed E-state index contributed by atoms with van der Waals surface area (Å²) in [6.07, 6.45) is 2.29. The third-order valence-corrected chi connectivity index (χ3v) is 15.5. The molecule has 258 valence electrons. The van der Waals surface area contributed by atoms with Crippen molar-refractivity contribution in [3.05, 3.63) is 137 Å². The Hall–Kier alpha value is -4.28. The predicted molar refractivity (Wildman–Crippen MR) is 199 cm³/mol. The van der Waals surface area contributed by atoms with E-state index in [4.69, 9.17) is 21.1 Å². The summed E-state index contributed by atoms with van der Waals surface area (Å²) in [5, 5.41) is 21.0. The maximum atomic E-state index is 15.0. The lowest BCUT2D eigenvalue weighted by Gasteiger charge is -2.37. The molecule has 4 aromatic carbocycles. The fraction of sp³-hybridized carbons (Fsp3) is 0.325. The maximum Gasteiger partial charge on any atom is 0.264 e. The molecule has 2 aliphatic rings. The first-order valence-electron chi connectivity index (χ1n) is 17.2. The molecular weight excluding hydrogens is 664 g/mol. The van der Waals surface area contributed by atoms with Crippen LogP contribution < -0.4 is 14.8 Å². The van der Waals surface area contributed by atoms with Crippen LogP contribution in [0.4, 0.5) is 5.69 Å². The molecule has 0 bridgehead atoms. The Labute approximate surface area is 299 Å². The first-order chi connectivity index (χ1) is 24.2. The smallest absolute Gasteiger partial charge is 0.264 e. The van der Waals surface area contributed by atoms with Crippen molar-refractivity contribution < 1.29 is 19.4 Å². The highest BCUT2D eigenvalue weighted by molar-refractivity contribution is 6.91. The van der Waals surface area contributed by atoms with Crippen molar-refractivity contribution in [3.63, 3.8) is 0 Å². The number of aromatic nitrogens is 3. The second-order valence-electron chi connectivity index (χ2n) is 14.0. The molecule has 0 saturated carbocycles. The summed E-state index contributed by atoms with van der Waals surface area (Å²) < 4.78 is 14.6. The van der Waals surface area contributed by atoms with Gasteiger partial charge in [0, 0.05) is 29.2 Å². The average Bonchev–Trinajstić information content (AvgIpc) is 3.79. The summed E-state index contributed by atoms with van der Waals surface area (Å²) >= 11 is 6.68. The van der Waals surface area contributed by atoms with Crippen LogP contribution in [0.5, 0.6) is 5.75 Å². The van der Waals surface area contributed by atoms with E-state index in [0.717, 1.165) is 28.1 Å². The third-order valence-electron chi connectivity index (χ3n) is 10.9. The molecule has 3 heterocycles. The van der Waals surface area contributed by atoms with Gasteiger partial charge in [0.25, 0.3) is 5.91 Å². The van der Waals surface area contributed by atoms with Gasteiger partial charge in [-0.05, 0) is 53.4 Å². The van der Waals surface area contributed by atoms with Crippen LogP contribution in [0.2, 0.25) is 23.7 Å². The number of carbonyl (C=O) groups excluding carboxylic acids is 1. The van der Waals surface area contributed by atoms with Crippen molar-refractivity contribution in [1.82, 2.24) is 15.0 Å². The van der Waals surface area contributed by atoms with E-state index in [-0.39, 0.29) is 36.0 Å². The second kappa shape index (κ2) is 13.8. The summed E-state index contributed by atoms with van der Waals surface area (Å²) in [7, 11) is -0.647. The highest BCUT2D eigenvalue weighted by atomic mass is 35.5. The van der Waals surface area contributed by atoms with Gasteiger partial charge in [0.1, 0.15) is 5.75 Å². The van der Waals surface area contributed by atoms with Gasteiger partial charge < -0.3 is 19.5 Å². The number of amides is 1. The highest BCUT2D eigenvalue weighted by Crippen LogP contribution is 2.60. The van der Waals surface area contributed by atoms with Crippen molar-refractivity contribution in [2.75, 3.05) is 18.6 Å². The molecule has 5 atom stereocenters. The molecule has 1 amide bonds. The second-order valence-corrected chi connectivity index (χ2v) is 19.2. The monoisotopic (exact) mass is 706 g/mol. The fourth-order valence-electron chi connectivity index (χ4n) is 8.38. The number of aryl methyl sites for hydroxylation is 1. The minimum Gasteiger partial charge on any atom is -0.497 e. The van der Waals surface area contributed by atoms with E-state index < -0.39 is 13.7 Å². The van der Waals surface area contributed by atoms with Gasteiger partial charge in [-0.15, -0.1) is 5.10 Å². The number of carbonyl (C=O) groups is 1. The number of hydrogen-bond donors (Lipinski definition) is 1. The molecule has 2 aliphatic heterocycles. The van der Waals surface area contributed by atoms with Gasteiger partial charge in [-0.3, -0.25) is 9.48 Å². The molecule has 10 heteroatoms. The van der Waals surface area contributed by atoms with E-state index in [2.05, 4.69) is 42.5 Å². The van der Waals surface area contributed by atoms with Crippen molar-refractivity contribution >= 4 is 36.5 Å². The summed E-state index contributed by atoms with van der Waals surface area (Å²) in [6.45, 7) is 7.87. The summed E-state index contributed by atoms with van der Waals surface area (Å²) in [5.41, 5.74) is 3.31. The number of methoxy groups -OCH3 is 1. The SMILES string of the molecule is COc1ccc([Si](C)(C)[C@@H]2[C@@H](CCn3cc(C(CO)c4ccccc4)nn3)O[C@]3(C(=O)N(Cc4ccccc4)c4ccc(Cl)cc43)[C@H]2C)cc1. The summed E-state index contributed by atoms with van der Waals surface area (Å²) in [4.78, 5) is 16.9. The van der Waals surface area contributed by atoms with Gasteiger partial charge in [-0.1, -0.05) is 115 Å². The molecule has 1 saturated heterocycles. The van der Waals surface area contributed by atoms with E-state index >= 15 is 0 Å². The number of aliphatic hydroxyl groups excluding tert-OH is 1. The topological polar surface area (TPSA) is 89.7 Å². The quantitative estimate of drug-likeness (QED) is 0.150. The molecule has 0 aliphatic carbocycles. The van der Waals surface area contributed by atoms with Gasteiger partial charge in [0.05, 0.1) is 51.7 Å². The normalized spacial score (nSPS) is 22.2. The number of fused-ring (bicyclic) bond motifs is 2. The molecule has 1 aromatic heterocycles. The van der Waals surface area contributed by atoms with Crippen LogP contribution in [-0.4, -0.2) is 53.9 Å². The Morgan fingerprint density at radius 2 is 1.70 bits per heavy atom. The van der Waals surface area contributed by atoms with Crippen molar-refractivity contribution in [1.29, 1.82) is 0 Å². The van der Waals surface area contributed by atoms with E-state index in [1.807, 2.05) is 107 Å². The zero-order chi connectivity index (χ0) is 35.0. The molecule has 8 nitrogen and oxygen atoms in total. The van der Waals surface area contributed by atoms with Gasteiger partial charge in [-0.25, -0.2) is 0 Å². The average molecular weight is 707 g/mol. The van der Waals surface area contributed by atoms with Crippen molar-refractivity contribution in [2.45, 2.75) is 62.7 Å². The Kier molecular flexibility index (Phi) is 9.43. The standard InChI is InChI=1S/C40H43ClN4O4Si/c1-27-38(50(3,4)32-18-16-31(48-2)17-19-32)37(21-22-44-25-35(42-43-44)33(26-46)29-13-9-6-10-14-29)49-40(27)34-23-30(41)15-20-36(34)45(39(40)47)24-28-11-7-5-8-12-28/h5-20,23,25,27,33,37-38,46H,21-22,24,26H2,1-4H3/t27-,33?,37+,38-,40+/m0/s1. The highest BCUT2D eigenvalue weighted by Gasteiger charge is 2.66. The number of rotatable bonds is 11. The minimum absolute atomic E-state index is 0.0464. The summed E-state index contributed by atoms with van der Waals surface area (Å²) in [6, 6.07) is 34.1. The third kappa shape index (κ3) is 5.96. The molecule has 1 fully saturated rings. The van der Waals surface area contributed by atoms with E-state index in [0.29, 0.717) is 30.2 Å². The molecule has 7 rings (SSSR count). The van der Waals surface area contributed by atoms with Crippen LogP contribution in [0.15, 0.2) is 109 Å². The lowest BCUT2D eigenvalue weighted by molar-refractivity contribution is -0.146. The number of benzene rings is 4. The van der Waals surface area contributed by atoms with Crippen molar-refractivity contribution in [3.8, 4) is 5.75 Å². The van der Waals surface area contributed by atoms with Gasteiger partial charge in [-0.2, -0.15) is 0 Å². The van der Waals surface area contributed by atoms with Crippen LogP contribution >= 0.6 is 11.6 Å². The lowest BCUT2D eigenvalue weighted by atomic mass is 9.82. The molecule has 0 radical (unpaired) electrons. The number of anilines is 1. The molecule has 1 spiro atoms. The molecule has 1 N–H and O–H groups in total. The number of nitrogens with zero attached hydrogens (tertiary/aromatic N) is 4. The molecule has 50 heavy (non-hydrogen) atoms. The first-order valence-corrected chi connectivity index (χ1v) is 20.7. The van der Waals surface area contributed by atoms with Crippen LogP contribution in [0, 0.1) is 5.92 Å². The molecule has 1 unspecified atom stereocenters. The Balaban J connectivity index is 1.25. The van der Waals surface area contributed by atoms with Gasteiger partial charge >= 0.3 is 0 Å². The number of aliphatic hydroxyl groups is 1. The predicted octanol–water partition coefficient (Wildman–Crippen LogP) is 6.92. The number of halogens is 1. The maximum absolute atomic E-state index is 15.0. The lowest BCUT2D eigenvalue weighted by Crippen LogP contribution is -2.51. The number of ether oxygens (including phenoxy) is 2. The molecule has 5 aromatic rings. The Morgan fingerprint density at radius 1 is 1.00 bits per heavy atom. The van der Waals surface area contributed by atoms with Gasteiger partial charge in [0.15, 0.2) is 5.60 Å². The Bertz CT molecular complexity index is 1960. The number of hydrogen-bond acceptors (Lipinski definition) is 6. The largest absolute Gasteiger partial charge is 0.497 e. The van der Waals surface area contributed by atoms with Crippen LogP contribution in [-0.2, 0) is 28.2 Å². The zero-order valence-electron chi connectivity index (χ0n) is 28.9. The molecular formula is C40H43ClN4O4Si. The zero-order valence-corrected chi connectivity index (χ0v) is 30.6. The van der Waals surface area contributed by atoms with Crippen LogP contribution in [0.3, 0.4) is 0 Å². The Morgan fingerprint density at radius 3 is 2.38 bits per heavy atom. The van der Waals surface area contributed by atoms with Crippen LogP contribution in [0.25, 0.3) is 0 Å². The van der Waals surface area contributed by atoms with E-state index in [1.165, 1.54) is 5.19 Å². The van der Waals surface area contributed by atoms with E-state index in [1.54, 1.807) is 7.11 Å².